The van der Waals surface area contributed by atoms with Crippen LogP contribution in [-0.4, -0.2) is 18.4 Å². The molecule has 2 N–H and O–H groups in total. The number of amides is 2. The van der Waals surface area contributed by atoms with E-state index in [2.05, 4.69) is 10.9 Å². The number of rotatable bonds is 5. The van der Waals surface area contributed by atoms with Crippen molar-refractivity contribution >= 4 is 22.8 Å². The Morgan fingerprint density at radius 1 is 1.04 bits per heavy atom. The first-order chi connectivity index (χ1) is 12.1. The van der Waals surface area contributed by atoms with Gasteiger partial charge in [-0.25, -0.2) is 0 Å². The van der Waals surface area contributed by atoms with E-state index in [0.29, 0.717) is 5.75 Å². The zero-order chi connectivity index (χ0) is 17.6. The van der Waals surface area contributed by atoms with Gasteiger partial charge in [-0.15, -0.1) is 0 Å². The van der Waals surface area contributed by atoms with Crippen LogP contribution in [0.3, 0.4) is 0 Å². The molecular weight excluding hydrogens is 320 g/mol. The normalized spacial score (nSPS) is 10.4. The van der Waals surface area contributed by atoms with E-state index in [1.807, 2.05) is 43.3 Å². The van der Waals surface area contributed by atoms with E-state index in [-0.39, 0.29) is 18.9 Å². The van der Waals surface area contributed by atoms with Gasteiger partial charge in [0.1, 0.15) is 11.3 Å². The lowest BCUT2D eigenvalue weighted by atomic mass is 10.1. The van der Waals surface area contributed by atoms with Gasteiger partial charge in [-0.05, 0) is 30.7 Å². The van der Waals surface area contributed by atoms with Gasteiger partial charge in [-0.3, -0.25) is 20.4 Å². The zero-order valence-corrected chi connectivity index (χ0v) is 13.7. The Labute approximate surface area is 144 Å². The molecule has 0 saturated carbocycles. The van der Waals surface area contributed by atoms with Crippen LogP contribution < -0.4 is 15.6 Å². The van der Waals surface area contributed by atoms with E-state index in [9.17, 15) is 9.59 Å². The summed E-state index contributed by atoms with van der Waals surface area (Å²) in [6.07, 6.45) is 1.67. The lowest BCUT2D eigenvalue weighted by Crippen LogP contribution is -2.44. The predicted molar refractivity (Wildman–Crippen MR) is 92.9 cm³/mol. The second-order valence-corrected chi connectivity index (χ2v) is 5.64. The van der Waals surface area contributed by atoms with Gasteiger partial charge in [0.2, 0.25) is 5.91 Å². The van der Waals surface area contributed by atoms with Crippen molar-refractivity contribution in [3.05, 3.63) is 65.9 Å². The molecule has 25 heavy (non-hydrogen) atoms. The maximum atomic E-state index is 12.0. The summed E-state index contributed by atoms with van der Waals surface area (Å²) in [7, 11) is 0. The van der Waals surface area contributed by atoms with Gasteiger partial charge in [-0.1, -0.05) is 30.3 Å². The van der Waals surface area contributed by atoms with Crippen LogP contribution in [0.15, 0.2) is 59.2 Å². The molecule has 128 valence electrons. The summed E-state index contributed by atoms with van der Waals surface area (Å²) < 4.78 is 10.8. The van der Waals surface area contributed by atoms with Crippen LogP contribution in [-0.2, 0) is 16.0 Å². The molecular formula is C19H18N2O4. The quantitative estimate of drug-likeness (QED) is 0.701. The summed E-state index contributed by atoms with van der Waals surface area (Å²) in [6, 6.07) is 14.8. The minimum absolute atomic E-state index is 0.107. The molecule has 0 aliphatic carbocycles. The van der Waals surface area contributed by atoms with Gasteiger partial charge in [0.15, 0.2) is 6.61 Å². The zero-order valence-electron chi connectivity index (χ0n) is 13.7. The fourth-order valence-corrected chi connectivity index (χ4v) is 2.39. The van der Waals surface area contributed by atoms with Crippen molar-refractivity contribution in [2.45, 2.75) is 13.3 Å². The van der Waals surface area contributed by atoms with Crippen molar-refractivity contribution in [3.8, 4) is 5.75 Å². The third-order valence-electron chi connectivity index (χ3n) is 3.62. The average molecular weight is 338 g/mol. The molecule has 3 rings (SSSR count). The second-order valence-electron chi connectivity index (χ2n) is 5.64. The minimum Gasteiger partial charge on any atom is -0.484 e. The number of benzene rings is 2. The molecule has 0 atom stereocenters. The summed E-state index contributed by atoms with van der Waals surface area (Å²) in [4.78, 5) is 23.7. The van der Waals surface area contributed by atoms with E-state index >= 15 is 0 Å². The topological polar surface area (TPSA) is 80.6 Å². The number of hydrogen-bond acceptors (Lipinski definition) is 4. The average Bonchev–Trinajstić information content (AvgIpc) is 3.01. The van der Waals surface area contributed by atoms with E-state index in [1.165, 1.54) is 0 Å². The van der Waals surface area contributed by atoms with Crippen LogP contribution >= 0.6 is 0 Å². The van der Waals surface area contributed by atoms with E-state index < -0.39 is 5.91 Å². The van der Waals surface area contributed by atoms with Crippen LogP contribution in [0.1, 0.15) is 11.1 Å². The van der Waals surface area contributed by atoms with Crippen molar-refractivity contribution in [2.75, 3.05) is 6.61 Å². The lowest BCUT2D eigenvalue weighted by Gasteiger charge is -2.08. The number of hydrogen-bond donors (Lipinski definition) is 2. The monoisotopic (exact) mass is 338 g/mol. The highest BCUT2D eigenvalue weighted by molar-refractivity contribution is 5.89. The molecule has 1 aromatic heterocycles. The summed E-state index contributed by atoms with van der Waals surface area (Å²) >= 11 is 0. The molecule has 0 bridgehead atoms. The Morgan fingerprint density at radius 3 is 2.60 bits per heavy atom. The molecule has 1 heterocycles. The standard InChI is InChI=1S/C19H18N2O4/c1-13-7-8-16-14(11-25-17(16)9-13)10-18(22)20-21-19(23)12-24-15-5-3-2-4-6-15/h2-9,11H,10,12H2,1H3,(H,20,22)(H,21,23). The predicted octanol–water partition coefficient (Wildman–Crippen LogP) is 2.51. The number of aryl methyl sites for hydroxylation is 1. The minimum atomic E-state index is -0.440. The molecule has 0 aliphatic rings. The van der Waals surface area contributed by atoms with Crippen molar-refractivity contribution < 1.29 is 18.7 Å². The molecule has 2 aromatic carbocycles. The van der Waals surface area contributed by atoms with Crippen LogP contribution in [0.4, 0.5) is 0 Å². The maximum absolute atomic E-state index is 12.0. The smallest absolute Gasteiger partial charge is 0.276 e. The maximum Gasteiger partial charge on any atom is 0.276 e. The van der Waals surface area contributed by atoms with Gasteiger partial charge >= 0.3 is 0 Å². The number of ether oxygens (including phenoxy) is 1. The number of fused-ring (bicyclic) bond motifs is 1. The molecule has 0 fully saturated rings. The number of furan rings is 1. The number of nitrogens with one attached hydrogen (secondary N) is 2. The lowest BCUT2D eigenvalue weighted by molar-refractivity contribution is -0.129. The van der Waals surface area contributed by atoms with Gasteiger partial charge in [0, 0.05) is 10.9 Å². The Bertz CT molecular complexity index is 887. The van der Waals surface area contributed by atoms with Crippen LogP contribution in [0.5, 0.6) is 5.75 Å². The van der Waals surface area contributed by atoms with Gasteiger partial charge in [0.05, 0.1) is 12.7 Å². The molecule has 0 spiro atoms. The van der Waals surface area contributed by atoms with E-state index in [1.54, 1.807) is 18.4 Å². The summed E-state index contributed by atoms with van der Waals surface area (Å²) in [5.74, 6) is -0.189. The van der Waals surface area contributed by atoms with Crippen molar-refractivity contribution in [1.29, 1.82) is 0 Å². The van der Waals surface area contributed by atoms with Crippen molar-refractivity contribution in [3.63, 3.8) is 0 Å². The molecule has 3 aromatic rings. The molecule has 0 radical (unpaired) electrons. The molecule has 0 saturated heterocycles. The molecule has 6 heteroatoms. The summed E-state index contributed by atoms with van der Waals surface area (Å²) in [5, 5.41) is 0.888. The molecule has 6 nitrogen and oxygen atoms in total. The first kappa shape index (κ1) is 16.6. The van der Waals surface area contributed by atoms with Gasteiger partial charge in [-0.2, -0.15) is 0 Å². The van der Waals surface area contributed by atoms with Gasteiger partial charge < -0.3 is 9.15 Å². The summed E-state index contributed by atoms with van der Waals surface area (Å²) in [5.41, 5.74) is 7.29. The van der Waals surface area contributed by atoms with Crippen LogP contribution in [0.2, 0.25) is 0 Å². The van der Waals surface area contributed by atoms with Crippen molar-refractivity contribution in [1.82, 2.24) is 10.9 Å². The molecule has 0 aliphatic heterocycles. The number of carbonyl (C=O) groups excluding carboxylic acids is 2. The van der Waals surface area contributed by atoms with Crippen LogP contribution in [0.25, 0.3) is 11.0 Å². The Kier molecular flexibility index (Phi) is 4.99. The first-order valence-electron chi connectivity index (χ1n) is 7.84. The highest BCUT2D eigenvalue weighted by Gasteiger charge is 2.11. The first-order valence-corrected chi connectivity index (χ1v) is 7.84. The third-order valence-corrected chi connectivity index (χ3v) is 3.62. The Morgan fingerprint density at radius 2 is 1.80 bits per heavy atom. The fraction of sp³-hybridized carbons (Fsp3) is 0.158. The fourth-order valence-electron chi connectivity index (χ4n) is 2.39. The summed E-state index contributed by atoms with van der Waals surface area (Å²) in [6.45, 7) is 1.79. The highest BCUT2D eigenvalue weighted by atomic mass is 16.5. The Hall–Kier alpha value is -3.28. The van der Waals surface area contributed by atoms with Crippen LogP contribution in [0, 0.1) is 6.92 Å². The number of carbonyl (C=O) groups is 2. The van der Waals surface area contributed by atoms with E-state index in [0.717, 1.165) is 22.1 Å². The largest absolute Gasteiger partial charge is 0.484 e. The third kappa shape index (κ3) is 4.38. The SMILES string of the molecule is Cc1ccc2c(CC(=O)NNC(=O)COc3ccccc3)coc2c1. The van der Waals surface area contributed by atoms with Crippen molar-refractivity contribution in [2.24, 2.45) is 0 Å². The highest BCUT2D eigenvalue weighted by Crippen LogP contribution is 2.22. The second kappa shape index (κ2) is 7.53. The molecule has 0 unspecified atom stereocenters. The van der Waals surface area contributed by atoms with E-state index in [4.69, 9.17) is 9.15 Å². The Balaban J connectivity index is 1.48. The number of hydrazine groups is 1. The molecule has 2 amide bonds. The van der Waals surface area contributed by atoms with Gasteiger partial charge in [0.25, 0.3) is 5.91 Å². The number of para-hydroxylation sites is 1.